The Kier molecular flexibility index (Phi) is 5.39. The molecule has 1 aliphatic rings. The molecule has 1 saturated carbocycles. The maximum atomic E-state index is 12.5. The number of hydrogen-bond donors (Lipinski definition) is 1. The molecule has 0 aliphatic heterocycles. The first-order valence-electron chi connectivity index (χ1n) is 8.34. The van der Waals surface area contributed by atoms with Crippen LogP contribution in [0.3, 0.4) is 0 Å². The summed E-state index contributed by atoms with van der Waals surface area (Å²) < 4.78 is 42.3. The van der Waals surface area contributed by atoms with Crippen molar-refractivity contribution in [2.75, 3.05) is 11.9 Å². The topological polar surface area (TPSA) is 64.1 Å². The van der Waals surface area contributed by atoms with E-state index in [1.54, 1.807) is 24.3 Å². The summed E-state index contributed by atoms with van der Waals surface area (Å²) in [6, 6.07) is 6.61. The number of carbonyl (C=O) groups excluding carboxylic acids is 1. The molecule has 5 nitrogen and oxygen atoms in total. The minimum Gasteiger partial charge on any atom is -0.468 e. The van der Waals surface area contributed by atoms with Gasteiger partial charge in [-0.05, 0) is 37.0 Å². The Labute approximate surface area is 148 Å². The van der Waals surface area contributed by atoms with Crippen LogP contribution in [0, 0.1) is 0 Å². The maximum absolute atomic E-state index is 12.5. The summed E-state index contributed by atoms with van der Waals surface area (Å²) in [6.07, 6.45) is 2.11. The van der Waals surface area contributed by atoms with Crippen molar-refractivity contribution < 1.29 is 22.7 Å². The van der Waals surface area contributed by atoms with E-state index in [2.05, 4.69) is 15.3 Å². The summed E-state index contributed by atoms with van der Waals surface area (Å²) in [6.45, 7) is -1.39. The molecule has 0 atom stereocenters. The van der Waals surface area contributed by atoms with Crippen molar-refractivity contribution in [2.45, 2.75) is 37.8 Å². The fourth-order valence-corrected chi connectivity index (χ4v) is 3.03. The molecule has 0 unspecified atom stereocenters. The lowest BCUT2D eigenvalue weighted by Gasteiger charge is -2.17. The average molecular weight is 365 g/mol. The summed E-state index contributed by atoms with van der Waals surface area (Å²) in [5.41, 5.74) is 1.25. The molecule has 3 rings (SSSR count). The van der Waals surface area contributed by atoms with Gasteiger partial charge in [-0.25, -0.2) is 4.98 Å². The second-order valence-electron chi connectivity index (χ2n) is 6.17. The number of alkyl halides is 3. The van der Waals surface area contributed by atoms with Crippen LogP contribution >= 0.6 is 0 Å². The predicted octanol–water partition coefficient (Wildman–Crippen LogP) is 4.33. The number of nitrogens with one attached hydrogen (secondary N) is 1. The Morgan fingerprint density at radius 2 is 2.00 bits per heavy atom. The van der Waals surface area contributed by atoms with Gasteiger partial charge in [-0.1, -0.05) is 18.9 Å². The molecule has 2 aromatic rings. The van der Waals surface area contributed by atoms with Crippen LogP contribution in [-0.2, 0) is 0 Å². The summed E-state index contributed by atoms with van der Waals surface area (Å²) in [5.74, 6) is -0.351. The number of ether oxygens (including phenoxy) is 1. The molecule has 0 spiro atoms. The first-order valence-corrected chi connectivity index (χ1v) is 8.34. The molecule has 1 N–H and O–H groups in total. The molecule has 1 fully saturated rings. The normalized spacial score (nSPS) is 15.0. The molecular formula is C18H18F3N3O2. The van der Waals surface area contributed by atoms with Crippen LogP contribution in [0.25, 0.3) is 0 Å². The predicted molar refractivity (Wildman–Crippen MR) is 89.2 cm³/mol. The third-order valence-electron chi connectivity index (χ3n) is 4.20. The van der Waals surface area contributed by atoms with E-state index in [1.807, 2.05) is 0 Å². The highest BCUT2D eigenvalue weighted by Gasteiger charge is 2.30. The van der Waals surface area contributed by atoms with Crippen LogP contribution in [0.2, 0.25) is 0 Å². The van der Waals surface area contributed by atoms with Crippen molar-refractivity contribution >= 4 is 11.6 Å². The van der Waals surface area contributed by atoms with E-state index in [0.29, 0.717) is 11.3 Å². The minimum absolute atomic E-state index is 0.0231. The Bertz CT molecular complexity index is 760. The Balaban J connectivity index is 1.81. The lowest BCUT2D eigenvalue weighted by Crippen LogP contribution is -2.21. The Morgan fingerprint density at radius 3 is 2.65 bits per heavy atom. The standard InChI is InChI=1S/C18H18F3N3O2/c19-18(20,21)11-26-17-14(12-5-1-2-6-12)9-13(10-23-17)24-16(25)15-7-3-4-8-22-15/h3-4,7-10,12H,1-2,5-6,11H2,(H,24,25). The molecule has 26 heavy (non-hydrogen) atoms. The number of pyridine rings is 2. The van der Waals surface area contributed by atoms with Crippen LogP contribution in [0.5, 0.6) is 5.88 Å². The number of nitrogens with zero attached hydrogens (tertiary/aromatic N) is 2. The smallest absolute Gasteiger partial charge is 0.422 e. The Morgan fingerprint density at radius 1 is 1.23 bits per heavy atom. The van der Waals surface area contributed by atoms with Gasteiger partial charge in [-0.3, -0.25) is 9.78 Å². The first kappa shape index (κ1) is 18.2. The first-order chi connectivity index (χ1) is 12.4. The van der Waals surface area contributed by atoms with E-state index in [9.17, 15) is 18.0 Å². The van der Waals surface area contributed by atoms with Crippen molar-refractivity contribution in [3.05, 3.63) is 47.9 Å². The quantitative estimate of drug-likeness (QED) is 0.857. The van der Waals surface area contributed by atoms with E-state index in [0.717, 1.165) is 25.7 Å². The number of hydrogen-bond acceptors (Lipinski definition) is 4. The lowest BCUT2D eigenvalue weighted by molar-refractivity contribution is -0.154. The van der Waals surface area contributed by atoms with Crippen LogP contribution in [-0.4, -0.2) is 28.7 Å². The van der Waals surface area contributed by atoms with Gasteiger partial charge in [-0.15, -0.1) is 0 Å². The summed E-state index contributed by atoms with van der Waals surface area (Å²) in [5, 5.41) is 2.68. The third-order valence-corrected chi connectivity index (χ3v) is 4.20. The molecule has 0 aromatic carbocycles. The van der Waals surface area contributed by atoms with Crippen LogP contribution < -0.4 is 10.1 Å². The largest absolute Gasteiger partial charge is 0.468 e. The summed E-state index contributed by atoms with van der Waals surface area (Å²) in [7, 11) is 0. The van der Waals surface area contributed by atoms with E-state index in [-0.39, 0.29) is 17.5 Å². The zero-order chi connectivity index (χ0) is 18.6. The molecule has 2 aromatic heterocycles. The molecule has 8 heteroatoms. The van der Waals surface area contributed by atoms with Gasteiger partial charge in [0.1, 0.15) is 5.69 Å². The molecule has 138 valence electrons. The van der Waals surface area contributed by atoms with Crippen molar-refractivity contribution in [3.8, 4) is 5.88 Å². The van der Waals surface area contributed by atoms with Crippen LogP contribution in [0.1, 0.15) is 47.7 Å². The highest BCUT2D eigenvalue weighted by atomic mass is 19.4. The van der Waals surface area contributed by atoms with Gasteiger partial charge in [0, 0.05) is 11.8 Å². The molecular weight excluding hydrogens is 347 g/mol. The number of amides is 1. The molecule has 1 aliphatic carbocycles. The number of halogens is 3. The highest BCUT2D eigenvalue weighted by Crippen LogP contribution is 2.39. The van der Waals surface area contributed by atoms with Gasteiger partial charge in [0.2, 0.25) is 5.88 Å². The van der Waals surface area contributed by atoms with Crippen LogP contribution in [0.4, 0.5) is 18.9 Å². The van der Waals surface area contributed by atoms with E-state index >= 15 is 0 Å². The van der Waals surface area contributed by atoms with Crippen LogP contribution in [0.15, 0.2) is 36.7 Å². The zero-order valence-electron chi connectivity index (χ0n) is 13.9. The van der Waals surface area contributed by atoms with Crippen molar-refractivity contribution in [1.82, 2.24) is 9.97 Å². The summed E-state index contributed by atoms with van der Waals surface area (Å²) in [4.78, 5) is 20.2. The molecule has 0 saturated heterocycles. The number of rotatable bonds is 5. The lowest BCUT2D eigenvalue weighted by atomic mass is 9.98. The van der Waals surface area contributed by atoms with Gasteiger partial charge in [0.15, 0.2) is 6.61 Å². The van der Waals surface area contributed by atoms with Gasteiger partial charge < -0.3 is 10.1 Å². The highest BCUT2D eigenvalue weighted by molar-refractivity contribution is 6.02. The van der Waals surface area contributed by atoms with E-state index in [4.69, 9.17) is 4.74 Å². The number of anilines is 1. The summed E-state index contributed by atoms with van der Waals surface area (Å²) >= 11 is 0. The monoisotopic (exact) mass is 365 g/mol. The van der Waals surface area contributed by atoms with Gasteiger partial charge in [-0.2, -0.15) is 13.2 Å². The molecule has 1 amide bonds. The van der Waals surface area contributed by atoms with Crippen molar-refractivity contribution in [1.29, 1.82) is 0 Å². The van der Waals surface area contributed by atoms with E-state index in [1.165, 1.54) is 12.4 Å². The second kappa shape index (κ2) is 7.72. The molecule has 0 radical (unpaired) electrons. The fourth-order valence-electron chi connectivity index (χ4n) is 3.03. The van der Waals surface area contributed by atoms with Crippen molar-refractivity contribution in [2.24, 2.45) is 0 Å². The van der Waals surface area contributed by atoms with Crippen molar-refractivity contribution in [3.63, 3.8) is 0 Å². The second-order valence-corrected chi connectivity index (χ2v) is 6.17. The van der Waals surface area contributed by atoms with Gasteiger partial charge >= 0.3 is 6.18 Å². The third kappa shape index (κ3) is 4.71. The van der Waals surface area contributed by atoms with E-state index < -0.39 is 18.7 Å². The van der Waals surface area contributed by atoms with Gasteiger partial charge in [0.05, 0.1) is 11.9 Å². The average Bonchev–Trinajstić information content (AvgIpc) is 3.15. The maximum Gasteiger partial charge on any atom is 0.422 e. The Hall–Kier alpha value is -2.64. The number of aromatic nitrogens is 2. The molecule has 0 bridgehead atoms. The SMILES string of the molecule is O=C(Nc1cnc(OCC(F)(F)F)c(C2CCCC2)c1)c1ccccn1. The minimum atomic E-state index is -4.43. The van der Waals surface area contributed by atoms with Gasteiger partial charge in [0.25, 0.3) is 5.91 Å². The zero-order valence-corrected chi connectivity index (χ0v) is 13.9. The fraction of sp³-hybridized carbons (Fsp3) is 0.389. The number of carbonyl (C=O) groups is 1. The molecule has 2 heterocycles.